The number of para-hydroxylation sites is 1. The third-order valence-electron chi connectivity index (χ3n) is 3.60. The zero-order valence-electron chi connectivity index (χ0n) is 14.5. The minimum atomic E-state index is -0.517. The van der Waals surface area contributed by atoms with Crippen molar-refractivity contribution in [2.24, 2.45) is 0 Å². The second kappa shape index (κ2) is 9.25. The van der Waals surface area contributed by atoms with E-state index in [2.05, 4.69) is 5.32 Å². The van der Waals surface area contributed by atoms with Gasteiger partial charge in [-0.2, -0.15) is 0 Å². The molecule has 3 rings (SSSR count). The van der Waals surface area contributed by atoms with Crippen molar-refractivity contribution in [3.8, 4) is 5.75 Å². The summed E-state index contributed by atoms with van der Waals surface area (Å²) in [4.78, 5) is 24.4. The van der Waals surface area contributed by atoms with E-state index in [4.69, 9.17) is 16.3 Å². The Morgan fingerprint density at radius 3 is 2.57 bits per heavy atom. The molecule has 0 heterocycles. The number of halogens is 1. The first kappa shape index (κ1) is 19.7. The number of hydrogen-bond acceptors (Lipinski definition) is 5. The van der Waals surface area contributed by atoms with Gasteiger partial charge in [0.15, 0.2) is 6.61 Å². The normalized spacial score (nSPS) is 10.3. The van der Waals surface area contributed by atoms with Gasteiger partial charge < -0.3 is 10.1 Å². The van der Waals surface area contributed by atoms with Crippen LogP contribution in [0.15, 0.2) is 82.6 Å². The molecule has 0 spiro atoms. The number of carbonyl (C=O) groups excluding carboxylic acids is 1. The fraction of sp³-hybridized carbons (Fsp3) is 0.0500. The molecule has 142 valence electrons. The molecule has 0 saturated heterocycles. The Kier molecular flexibility index (Phi) is 6.52. The van der Waals surface area contributed by atoms with Gasteiger partial charge in [-0.3, -0.25) is 14.9 Å². The zero-order valence-corrected chi connectivity index (χ0v) is 16.1. The summed E-state index contributed by atoms with van der Waals surface area (Å²) in [6.07, 6.45) is 0. The van der Waals surface area contributed by atoms with Crippen LogP contribution in [-0.4, -0.2) is 17.4 Å². The Hall–Kier alpha value is -3.03. The first-order valence-electron chi connectivity index (χ1n) is 8.21. The minimum Gasteiger partial charge on any atom is -0.484 e. The van der Waals surface area contributed by atoms with Crippen LogP contribution in [0.4, 0.5) is 11.4 Å². The average Bonchev–Trinajstić information content (AvgIpc) is 2.70. The van der Waals surface area contributed by atoms with E-state index >= 15 is 0 Å². The highest BCUT2D eigenvalue weighted by Gasteiger charge is 2.11. The molecule has 0 aliphatic rings. The summed E-state index contributed by atoms with van der Waals surface area (Å²) in [5.74, 6) is -0.108. The van der Waals surface area contributed by atoms with Crippen LogP contribution in [0.5, 0.6) is 5.75 Å². The second-order valence-corrected chi connectivity index (χ2v) is 7.20. The lowest BCUT2D eigenvalue weighted by Crippen LogP contribution is -2.20. The molecule has 0 aliphatic heterocycles. The van der Waals surface area contributed by atoms with Crippen LogP contribution >= 0.6 is 23.4 Å². The zero-order chi connectivity index (χ0) is 19.9. The van der Waals surface area contributed by atoms with Gasteiger partial charge in [-0.1, -0.05) is 41.6 Å². The Balaban J connectivity index is 1.63. The van der Waals surface area contributed by atoms with E-state index in [-0.39, 0.29) is 24.0 Å². The van der Waals surface area contributed by atoms with Crippen molar-refractivity contribution in [1.29, 1.82) is 0 Å². The van der Waals surface area contributed by atoms with Crippen LogP contribution in [0.3, 0.4) is 0 Å². The number of nitrogens with zero attached hydrogens (tertiary/aromatic N) is 1. The van der Waals surface area contributed by atoms with E-state index in [9.17, 15) is 14.9 Å². The van der Waals surface area contributed by atoms with Crippen LogP contribution in [0.1, 0.15) is 0 Å². The second-order valence-electron chi connectivity index (χ2n) is 5.64. The van der Waals surface area contributed by atoms with Gasteiger partial charge in [0.1, 0.15) is 5.75 Å². The van der Waals surface area contributed by atoms with Crippen LogP contribution < -0.4 is 10.1 Å². The predicted molar refractivity (Wildman–Crippen MR) is 109 cm³/mol. The van der Waals surface area contributed by atoms with Gasteiger partial charge in [-0.15, -0.1) is 0 Å². The molecule has 0 aliphatic carbocycles. The number of non-ortho nitro benzene ring substituents is 1. The lowest BCUT2D eigenvalue weighted by molar-refractivity contribution is -0.384. The molecular weight excluding hydrogens is 400 g/mol. The standard InChI is InChI=1S/C20H15ClN2O4S/c21-14-8-10-17(11-9-14)28-19-7-2-1-6-18(19)22-20(24)13-27-16-5-3-4-15(12-16)23(25)26/h1-12H,13H2,(H,22,24). The van der Waals surface area contributed by atoms with Gasteiger partial charge in [-0.25, -0.2) is 0 Å². The largest absolute Gasteiger partial charge is 0.484 e. The van der Waals surface area contributed by atoms with Crippen molar-refractivity contribution in [3.05, 3.63) is 87.9 Å². The first-order valence-corrected chi connectivity index (χ1v) is 9.40. The maximum atomic E-state index is 12.3. The molecule has 28 heavy (non-hydrogen) atoms. The quantitative estimate of drug-likeness (QED) is 0.412. The summed E-state index contributed by atoms with van der Waals surface area (Å²) < 4.78 is 5.36. The molecule has 0 unspecified atom stereocenters. The summed E-state index contributed by atoms with van der Waals surface area (Å²) in [5.41, 5.74) is 0.553. The molecule has 3 aromatic rings. The molecule has 8 heteroatoms. The molecule has 0 aromatic heterocycles. The molecule has 1 N–H and O–H groups in total. The highest BCUT2D eigenvalue weighted by atomic mass is 35.5. The Morgan fingerprint density at radius 2 is 1.82 bits per heavy atom. The third-order valence-corrected chi connectivity index (χ3v) is 4.94. The van der Waals surface area contributed by atoms with E-state index < -0.39 is 4.92 Å². The molecule has 3 aromatic carbocycles. The van der Waals surface area contributed by atoms with Gasteiger partial charge in [0, 0.05) is 20.9 Å². The maximum Gasteiger partial charge on any atom is 0.273 e. The van der Waals surface area contributed by atoms with Crippen LogP contribution in [0.25, 0.3) is 0 Å². The van der Waals surface area contributed by atoms with E-state index in [1.54, 1.807) is 24.3 Å². The number of carbonyl (C=O) groups is 1. The highest BCUT2D eigenvalue weighted by Crippen LogP contribution is 2.33. The molecule has 0 radical (unpaired) electrons. The monoisotopic (exact) mass is 414 g/mol. The Bertz CT molecular complexity index is 996. The van der Waals surface area contributed by atoms with Gasteiger partial charge in [-0.05, 0) is 42.5 Å². The van der Waals surface area contributed by atoms with Crippen molar-refractivity contribution in [2.45, 2.75) is 9.79 Å². The highest BCUT2D eigenvalue weighted by molar-refractivity contribution is 7.99. The van der Waals surface area contributed by atoms with E-state index in [1.165, 1.54) is 30.0 Å². The van der Waals surface area contributed by atoms with Crippen LogP contribution in [-0.2, 0) is 4.79 Å². The summed E-state index contributed by atoms with van der Waals surface area (Å²) >= 11 is 7.41. The van der Waals surface area contributed by atoms with Crippen molar-refractivity contribution in [1.82, 2.24) is 0 Å². The molecule has 6 nitrogen and oxygen atoms in total. The number of ether oxygens (including phenoxy) is 1. The van der Waals surface area contributed by atoms with E-state index in [1.807, 2.05) is 30.3 Å². The SMILES string of the molecule is O=C(COc1cccc([N+](=O)[O-])c1)Nc1ccccc1Sc1ccc(Cl)cc1. The summed E-state index contributed by atoms with van der Waals surface area (Å²) in [5, 5.41) is 14.3. The van der Waals surface area contributed by atoms with E-state index in [0.29, 0.717) is 10.7 Å². The Labute approximate surface area is 170 Å². The number of hydrogen-bond donors (Lipinski definition) is 1. The molecule has 0 atom stereocenters. The first-order chi connectivity index (χ1) is 13.5. The van der Waals surface area contributed by atoms with Crippen molar-refractivity contribution < 1.29 is 14.5 Å². The Morgan fingerprint density at radius 1 is 1.07 bits per heavy atom. The van der Waals surface area contributed by atoms with Gasteiger partial charge in [0.25, 0.3) is 11.6 Å². The van der Waals surface area contributed by atoms with Crippen molar-refractivity contribution in [2.75, 3.05) is 11.9 Å². The number of nitro benzene ring substituents is 1. The summed E-state index contributed by atoms with van der Waals surface area (Å²) in [6, 6.07) is 20.5. The summed E-state index contributed by atoms with van der Waals surface area (Å²) in [6.45, 7) is -0.263. The molecule has 0 fully saturated rings. The van der Waals surface area contributed by atoms with E-state index in [0.717, 1.165) is 9.79 Å². The topological polar surface area (TPSA) is 81.5 Å². The lowest BCUT2D eigenvalue weighted by atomic mass is 10.3. The van der Waals surface area contributed by atoms with Crippen molar-refractivity contribution >= 4 is 40.6 Å². The minimum absolute atomic E-state index is 0.0948. The number of nitro groups is 1. The van der Waals surface area contributed by atoms with Crippen molar-refractivity contribution in [3.63, 3.8) is 0 Å². The van der Waals surface area contributed by atoms with Crippen LogP contribution in [0.2, 0.25) is 5.02 Å². The number of amides is 1. The van der Waals surface area contributed by atoms with Gasteiger partial charge >= 0.3 is 0 Å². The predicted octanol–water partition coefficient (Wildman–Crippen LogP) is 5.42. The fourth-order valence-corrected chi connectivity index (χ4v) is 3.34. The smallest absolute Gasteiger partial charge is 0.273 e. The molecule has 0 saturated carbocycles. The number of nitrogens with one attached hydrogen (secondary N) is 1. The third kappa shape index (κ3) is 5.48. The van der Waals surface area contributed by atoms with Crippen LogP contribution in [0, 0.1) is 10.1 Å². The molecule has 0 bridgehead atoms. The average molecular weight is 415 g/mol. The lowest BCUT2D eigenvalue weighted by Gasteiger charge is -2.11. The van der Waals surface area contributed by atoms with Gasteiger partial charge in [0.2, 0.25) is 0 Å². The van der Waals surface area contributed by atoms with Gasteiger partial charge in [0.05, 0.1) is 16.7 Å². The number of benzene rings is 3. The fourth-order valence-electron chi connectivity index (χ4n) is 2.31. The maximum absolute atomic E-state index is 12.3. The number of rotatable bonds is 7. The summed E-state index contributed by atoms with van der Waals surface area (Å²) in [7, 11) is 0. The number of anilines is 1. The molecular formula is C20H15ClN2O4S. The molecule has 1 amide bonds.